The molecule has 0 aliphatic carbocycles. The Morgan fingerprint density at radius 3 is 2.64 bits per heavy atom. The predicted octanol–water partition coefficient (Wildman–Crippen LogP) is 3.16. The van der Waals surface area contributed by atoms with Gasteiger partial charge in [-0.2, -0.15) is 0 Å². The molecular formula is C11H17ClN2. The van der Waals surface area contributed by atoms with Gasteiger partial charge in [-0.05, 0) is 18.9 Å². The molecule has 0 saturated heterocycles. The lowest BCUT2D eigenvalue weighted by atomic mass is 10.0. The van der Waals surface area contributed by atoms with E-state index in [0.29, 0.717) is 5.92 Å². The molecule has 2 unspecified atom stereocenters. The SMILES string of the molecule is CCc1cc(C(C)C(Cl)CC)ncn1. The van der Waals surface area contributed by atoms with Gasteiger partial charge in [0.25, 0.3) is 0 Å². The van der Waals surface area contributed by atoms with Crippen molar-refractivity contribution in [3.05, 3.63) is 23.8 Å². The molecule has 0 saturated carbocycles. The van der Waals surface area contributed by atoms with Gasteiger partial charge in [-0.1, -0.05) is 20.8 Å². The van der Waals surface area contributed by atoms with Gasteiger partial charge in [0.2, 0.25) is 0 Å². The number of alkyl halides is 1. The number of aromatic nitrogens is 2. The van der Waals surface area contributed by atoms with Gasteiger partial charge in [-0.3, -0.25) is 0 Å². The first kappa shape index (κ1) is 11.4. The molecule has 2 atom stereocenters. The first-order valence-electron chi connectivity index (χ1n) is 5.13. The first-order valence-corrected chi connectivity index (χ1v) is 5.57. The van der Waals surface area contributed by atoms with Gasteiger partial charge in [0.1, 0.15) is 6.33 Å². The lowest BCUT2D eigenvalue weighted by molar-refractivity contribution is 0.652. The maximum atomic E-state index is 6.19. The average molecular weight is 213 g/mol. The van der Waals surface area contributed by atoms with E-state index in [1.165, 1.54) is 0 Å². The van der Waals surface area contributed by atoms with Gasteiger partial charge in [-0.15, -0.1) is 11.6 Å². The molecule has 0 aliphatic rings. The van der Waals surface area contributed by atoms with Crippen LogP contribution in [0.2, 0.25) is 0 Å². The second-order valence-corrected chi connectivity index (χ2v) is 4.06. The van der Waals surface area contributed by atoms with Crippen LogP contribution in [-0.2, 0) is 6.42 Å². The average Bonchev–Trinajstić information content (AvgIpc) is 2.27. The van der Waals surface area contributed by atoms with Gasteiger partial charge >= 0.3 is 0 Å². The Kier molecular flexibility index (Phi) is 4.33. The van der Waals surface area contributed by atoms with Crippen LogP contribution in [0.4, 0.5) is 0 Å². The molecule has 1 aromatic heterocycles. The predicted molar refractivity (Wildman–Crippen MR) is 59.8 cm³/mol. The minimum Gasteiger partial charge on any atom is -0.241 e. The quantitative estimate of drug-likeness (QED) is 0.717. The van der Waals surface area contributed by atoms with Crippen LogP contribution < -0.4 is 0 Å². The highest BCUT2D eigenvalue weighted by atomic mass is 35.5. The summed E-state index contributed by atoms with van der Waals surface area (Å²) in [7, 11) is 0. The van der Waals surface area contributed by atoms with Crippen molar-refractivity contribution in [3.8, 4) is 0 Å². The van der Waals surface area contributed by atoms with Gasteiger partial charge in [-0.25, -0.2) is 9.97 Å². The van der Waals surface area contributed by atoms with Crippen LogP contribution in [0.25, 0.3) is 0 Å². The van der Waals surface area contributed by atoms with E-state index in [-0.39, 0.29) is 5.38 Å². The van der Waals surface area contributed by atoms with Crippen LogP contribution in [-0.4, -0.2) is 15.3 Å². The Balaban J connectivity index is 2.83. The van der Waals surface area contributed by atoms with E-state index < -0.39 is 0 Å². The molecule has 0 N–H and O–H groups in total. The van der Waals surface area contributed by atoms with E-state index in [1.54, 1.807) is 6.33 Å². The highest BCUT2D eigenvalue weighted by Gasteiger charge is 2.15. The fourth-order valence-electron chi connectivity index (χ4n) is 1.40. The summed E-state index contributed by atoms with van der Waals surface area (Å²) in [5.41, 5.74) is 2.14. The molecule has 0 bridgehead atoms. The number of nitrogens with zero attached hydrogens (tertiary/aromatic N) is 2. The molecule has 0 spiro atoms. The van der Waals surface area contributed by atoms with Crippen LogP contribution in [0.1, 0.15) is 44.5 Å². The van der Waals surface area contributed by atoms with Crippen molar-refractivity contribution >= 4 is 11.6 Å². The zero-order valence-electron chi connectivity index (χ0n) is 9.00. The third kappa shape index (κ3) is 2.68. The lowest BCUT2D eigenvalue weighted by Crippen LogP contribution is -2.10. The Morgan fingerprint density at radius 2 is 2.07 bits per heavy atom. The van der Waals surface area contributed by atoms with Crippen molar-refractivity contribution in [2.75, 3.05) is 0 Å². The number of rotatable bonds is 4. The fourth-order valence-corrected chi connectivity index (χ4v) is 1.53. The van der Waals surface area contributed by atoms with E-state index in [2.05, 4.69) is 36.8 Å². The Hall–Kier alpha value is -0.630. The summed E-state index contributed by atoms with van der Waals surface area (Å²) < 4.78 is 0. The normalized spacial score (nSPS) is 15.1. The topological polar surface area (TPSA) is 25.8 Å². The second kappa shape index (κ2) is 5.30. The Morgan fingerprint density at radius 1 is 1.36 bits per heavy atom. The number of aryl methyl sites for hydroxylation is 1. The third-order valence-electron chi connectivity index (χ3n) is 2.51. The van der Waals surface area contributed by atoms with Gasteiger partial charge < -0.3 is 0 Å². The van der Waals surface area contributed by atoms with E-state index in [1.807, 2.05) is 0 Å². The van der Waals surface area contributed by atoms with Crippen molar-refractivity contribution in [1.29, 1.82) is 0 Å². The molecule has 2 nitrogen and oxygen atoms in total. The summed E-state index contributed by atoms with van der Waals surface area (Å²) in [6.07, 6.45) is 3.54. The molecule has 0 aromatic carbocycles. The van der Waals surface area contributed by atoms with Crippen molar-refractivity contribution in [1.82, 2.24) is 9.97 Å². The van der Waals surface area contributed by atoms with E-state index in [0.717, 1.165) is 24.2 Å². The maximum absolute atomic E-state index is 6.19. The fraction of sp³-hybridized carbons (Fsp3) is 0.636. The summed E-state index contributed by atoms with van der Waals surface area (Å²) in [5.74, 6) is 0.301. The number of hydrogen-bond donors (Lipinski definition) is 0. The second-order valence-electron chi connectivity index (χ2n) is 3.50. The monoisotopic (exact) mass is 212 g/mol. The molecule has 0 radical (unpaired) electrons. The molecule has 0 fully saturated rings. The summed E-state index contributed by atoms with van der Waals surface area (Å²) in [5, 5.41) is 0.162. The molecule has 3 heteroatoms. The minimum absolute atomic E-state index is 0.162. The summed E-state index contributed by atoms with van der Waals surface area (Å²) in [6, 6.07) is 2.05. The molecular weight excluding hydrogens is 196 g/mol. The third-order valence-corrected chi connectivity index (χ3v) is 3.19. The molecule has 78 valence electrons. The molecule has 1 rings (SSSR count). The standard InChI is InChI=1S/C11H17ClN2/c1-4-9-6-11(14-7-13-9)8(3)10(12)5-2/h6-8,10H,4-5H2,1-3H3. The smallest absolute Gasteiger partial charge is 0.115 e. The largest absolute Gasteiger partial charge is 0.241 e. The van der Waals surface area contributed by atoms with Crippen LogP contribution in [0.3, 0.4) is 0 Å². The van der Waals surface area contributed by atoms with E-state index in [9.17, 15) is 0 Å². The maximum Gasteiger partial charge on any atom is 0.115 e. The van der Waals surface area contributed by atoms with Crippen LogP contribution in [0.15, 0.2) is 12.4 Å². The number of halogens is 1. The van der Waals surface area contributed by atoms with Gasteiger partial charge in [0.05, 0.1) is 0 Å². The highest BCUT2D eigenvalue weighted by molar-refractivity contribution is 6.21. The van der Waals surface area contributed by atoms with Crippen LogP contribution in [0, 0.1) is 0 Å². The summed E-state index contributed by atoms with van der Waals surface area (Å²) >= 11 is 6.19. The van der Waals surface area contributed by atoms with Crippen molar-refractivity contribution in [2.24, 2.45) is 0 Å². The number of hydrogen-bond acceptors (Lipinski definition) is 2. The van der Waals surface area contributed by atoms with E-state index in [4.69, 9.17) is 11.6 Å². The van der Waals surface area contributed by atoms with Crippen molar-refractivity contribution in [3.63, 3.8) is 0 Å². The molecule has 1 heterocycles. The van der Waals surface area contributed by atoms with Crippen molar-refractivity contribution in [2.45, 2.75) is 44.9 Å². The first-order chi connectivity index (χ1) is 6.69. The Bertz CT molecular complexity index is 288. The summed E-state index contributed by atoms with van der Waals surface area (Å²) in [6.45, 7) is 6.30. The molecule has 1 aromatic rings. The van der Waals surface area contributed by atoms with E-state index >= 15 is 0 Å². The Labute approximate surface area is 90.7 Å². The van der Waals surface area contributed by atoms with Crippen molar-refractivity contribution < 1.29 is 0 Å². The molecule has 14 heavy (non-hydrogen) atoms. The molecule has 0 amide bonds. The lowest BCUT2D eigenvalue weighted by Gasteiger charge is -2.15. The summed E-state index contributed by atoms with van der Waals surface area (Å²) in [4.78, 5) is 8.43. The van der Waals surface area contributed by atoms with Gasteiger partial charge in [0.15, 0.2) is 0 Å². The van der Waals surface area contributed by atoms with Crippen LogP contribution in [0.5, 0.6) is 0 Å². The molecule has 0 aliphatic heterocycles. The zero-order chi connectivity index (χ0) is 10.6. The van der Waals surface area contributed by atoms with Gasteiger partial charge in [0, 0.05) is 22.7 Å². The minimum atomic E-state index is 0.162. The zero-order valence-corrected chi connectivity index (χ0v) is 9.75. The van der Waals surface area contributed by atoms with Crippen LogP contribution >= 0.6 is 11.6 Å². The highest BCUT2D eigenvalue weighted by Crippen LogP contribution is 2.23.